The van der Waals surface area contributed by atoms with E-state index in [0.29, 0.717) is 39.7 Å². The summed E-state index contributed by atoms with van der Waals surface area (Å²) < 4.78 is 7.74. The summed E-state index contributed by atoms with van der Waals surface area (Å²) in [5.74, 6) is 2.06. The summed E-state index contributed by atoms with van der Waals surface area (Å²) in [5.41, 5.74) is 1.63. The number of thioether (sulfide) groups is 1. The van der Waals surface area contributed by atoms with E-state index < -0.39 is 0 Å². The van der Waals surface area contributed by atoms with E-state index in [-0.39, 0.29) is 0 Å². The van der Waals surface area contributed by atoms with Crippen LogP contribution in [0.1, 0.15) is 5.89 Å². The number of aromatic nitrogens is 5. The molecule has 0 bridgehead atoms. The second-order valence-electron chi connectivity index (χ2n) is 5.98. The third kappa shape index (κ3) is 4.37. The van der Waals surface area contributed by atoms with Crippen molar-refractivity contribution in [1.82, 2.24) is 25.0 Å². The summed E-state index contributed by atoms with van der Waals surface area (Å²) in [5, 5.41) is 18.8. The molecule has 0 atom stereocenters. The van der Waals surface area contributed by atoms with E-state index in [2.05, 4.69) is 27.0 Å². The van der Waals surface area contributed by atoms with E-state index in [1.807, 2.05) is 47.0 Å². The van der Waals surface area contributed by atoms with Crippen LogP contribution in [-0.2, 0) is 12.3 Å². The lowest BCUT2D eigenvalue weighted by atomic mass is 10.2. The van der Waals surface area contributed by atoms with Gasteiger partial charge >= 0.3 is 0 Å². The highest BCUT2D eigenvalue weighted by Crippen LogP contribution is 2.29. The topological polar surface area (TPSA) is 69.6 Å². The molecule has 2 heterocycles. The fourth-order valence-corrected chi connectivity index (χ4v) is 3.81. The zero-order chi connectivity index (χ0) is 20.2. The van der Waals surface area contributed by atoms with Crippen LogP contribution in [-0.4, -0.2) is 25.0 Å². The minimum absolute atomic E-state index is 0.389. The number of allylic oxidation sites excluding steroid dienone is 1. The molecule has 29 heavy (non-hydrogen) atoms. The molecule has 0 aliphatic heterocycles. The molecule has 9 heteroatoms. The van der Waals surface area contributed by atoms with Crippen LogP contribution in [0, 0.1) is 0 Å². The normalized spacial score (nSPS) is 11.0. The SMILES string of the molecule is C=CCn1c(SCc2nnc(-c3ccccc3Cl)o2)nnc1-c1ccc(Cl)cc1. The highest BCUT2D eigenvalue weighted by molar-refractivity contribution is 7.98. The van der Waals surface area contributed by atoms with E-state index in [1.54, 1.807) is 12.1 Å². The lowest BCUT2D eigenvalue weighted by molar-refractivity contribution is 0.528. The third-order valence-electron chi connectivity index (χ3n) is 4.03. The molecule has 2 aromatic heterocycles. The molecule has 0 spiro atoms. The second-order valence-corrected chi connectivity index (χ2v) is 7.77. The summed E-state index contributed by atoms with van der Waals surface area (Å²) in [6.07, 6.45) is 1.80. The number of hydrogen-bond donors (Lipinski definition) is 0. The van der Waals surface area contributed by atoms with E-state index >= 15 is 0 Å². The Bertz CT molecular complexity index is 1140. The van der Waals surface area contributed by atoms with Crippen molar-refractivity contribution in [3.8, 4) is 22.8 Å². The van der Waals surface area contributed by atoms with Gasteiger partial charge in [0, 0.05) is 17.1 Å². The van der Waals surface area contributed by atoms with Crippen LogP contribution in [0.5, 0.6) is 0 Å². The van der Waals surface area contributed by atoms with Crippen molar-refractivity contribution in [3.63, 3.8) is 0 Å². The fourth-order valence-electron chi connectivity index (χ4n) is 2.68. The first-order valence-electron chi connectivity index (χ1n) is 8.66. The van der Waals surface area contributed by atoms with Crippen molar-refractivity contribution in [2.24, 2.45) is 0 Å². The standard InChI is InChI=1S/C20H15Cl2N5OS/c1-2-11-27-18(13-7-9-14(21)10-8-13)24-26-20(27)29-12-17-23-25-19(28-17)15-5-3-4-6-16(15)22/h2-10H,1,11-12H2. The van der Waals surface area contributed by atoms with E-state index in [4.69, 9.17) is 27.6 Å². The average molecular weight is 444 g/mol. The number of halogens is 2. The first kappa shape index (κ1) is 19.7. The molecule has 0 aliphatic rings. The Balaban J connectivity index is 1.54. The highest BCUT2D eigenvalue weighted by Gasteiger charge is 2.16. The predicted octanol–water partition coefficient (Wildman–Crippen LogP) is 5.78. The summed E-state index contributed by atoms with van der Waals surface area (Å²) >= 11 is 13.6. The minimum atomic E-state index is 0.389. The van der Waals surface area contributed by atoms with Gasteiger partial charge in [-0.3, -0.25) is 4.57 Å². The number of benzene rings is 2. The largest absolute Gasteiger partial charge is 0.420 e. The number of nitrogens with zero attached hydrogens (tertiary/aromatic N) is 5. The maximum absolute atomic E-state index is 6.20. The van der Waals surface area contributed by atoms with E-state index in [9.17, 15) is 0 Å². The summed E-state index contributed by atoms with van der Waals surface area (Å²) in [7, 11) is 0. The molecule has 0 aliphatic carbocycles. The molecule has 0 saturated heterocycles. The fraction of sp³-hybridized carbons (Fsp3) is 0.100. The monoisotopic (exact) mass is 443 g/mol. The van der Waals surface area contributed by atoms with Crippen LogP contribution >= 0.6 is 35.0 Å². The number of hydrogen-bond acceptors (Lipinski definition) is 6. The van der Waals surface area contributed by atoms with Crippen molar-refractivity contribution >= 4 is 35.0 Å². The summed E-state index contributed by atoms with van der Waals surface area (Å²) in [6, 6.07) is 14.8. The van der Waals surface area contributed by atoms with Crippen molar-refractivity contribution in [2.45, 2.75) is 17.5 Å². The van der Waals surface area contributed by atoms with Gasteiger partial charge in [0.25, 0.3) is 0 Å². The maximum atomic E-state index is 6.20. The van der Waals surface area contributed by atoms with Gasteiger partial charge in [0.2, 0.25) is 11.8 Å². The van der Waals surface area contributed by atoms with Crippen LogP contribution in [0.4, 0.5) is 0 Å². The van der Waals surface area contributed by atoms with Crippen LogP contribution in [0.3, 0.4) is 0 Å². The molecule has 0 saturated carbocycles. The molecule has 6 nitrogen and oxygen atoms in total. The zero-order valence-corrected chi connectivity index (χ0v) is 17.5. The lowest BCUT2D eigenvalue weighted by Gasteiger charge is -2.07. The van der Waals surface area contributed by atoms with Crippen LogP contribution in [0.25, 0.3) is 22.8 Å². The quantitative estimate of drug-likeness (QED) is 0.266. The van der Waals surface area contributed by atoms with Gasteiger partial charge < -0.3 is 4.42 Å². The van der Waals surface area contributed by atoms with Gasteiger partial charge in [-0.2, -0.15) is 0 Å². The molecule has 146 valence electrons. The van der Waals surface area contributed by atoms with Crippen molar-refractivity contribution in [3.05, 3.63) is 77.1 Å². The predicted molar refractivity (Wildman–Crippen MR) is 115 cm³/mol. The first-order chi connectivity index (χ1) is 14.2. The molecule has 0 amide bonds. The van der Waals surface area contributed by atoms with Gasteiger partial charge in [-0.15, -0.1) is 27.0 Å². The molecule has 4 aromatic rings. The van der Waals surface area contributed by atoms with Crippen molar-refractivity contribution in [1.29, 1.82) is 0 Å². The molecular formula is C20H15Cl2N5OS. The Morgan fingerprint density at radius 1 is 1.00 bits per heavy atom. The van der Waals surface area contributed by atoms with E-state index in [1.165, 1.54) is 11.8 Å². The smallest absolute Gasteiger partial charge is 0.249 e. The van der Waals surface area contributed by atoms with Gasteiger partial charge in [0.15, 0.2) is 11.0 Å². The summed E-state index contributed by atoms with van der Waals surface area (Å²) in [6.45, 7) is 4.40. The van der Waals surface area contributed by atoms with E-state index in [0.717, 1.165) is 16.5 Å². The zero-order valence-electron chi connectivity index (χ0n) is 15.1. The Kier molecular flexibility index (Phi) is 5.99. The molecule has 4 rings (SSSR count). The van der Waals surface area contributed by atoms with Crippen molar-refractivity contribution in [2.75, 3.05) is 0 Å². The molecule has 0 N–H and O–H groups in total. The lowest BCUT2D eigenvalue weighted by Crippen LogP contribution is -2.00. The van der Waals surface area contributed by atoms with Crippen molar-refractivity contribution < 1.29 is 4.42 Å². The van der Waals surface area contributed by atoms with Gasteiger partial charge in [0.1, 0.15) is 0 Å². The average Bonchev–Trinajstić information content (AvgIpc) is 3.35. The molecule has 0 radical (unpaired) electrons. The van der Waals surface area contributed by atoms with Crippen LogP contribution in [0.2, 0.25) is 10.0 Å². The third-order valence-corrected chi connectivity index (χ3v) is 5.56. The Morgan fingerprint density at radius 3 is 2.55 bits per heavy atom. The highest BCUT2D eigenvalue weighted by atomic mass is 35.5. The molecule has 0 unspecified atom stereocenters. The van der Waals surface area contributed by atoms with Gasteiger partial charge in [-0.1, -0.05) is 53.2 Å². The second kappa shape index (κ2) is 8.82. The molecule has 0 fully saturated rings. The Hall–Kier alpha value is -2.61. The van der Waals surface area contributed by atoms with Crippen LogP contribution in [0.15, 0.2) is 70.8 Å². The van der Waals surface area contributed by atoms with Gasteiger partial charge in [0.05, 0.1) is 16.3 Å². The van der Waals surface area contributed by atoms with Crippen LogP contribution < -0.4 is 0 Å². The Labute approximate surface area is 181 Å². The summed E-state index contributed by atoms with van der Waals surface area (Å²) in [4.78, 5) is 0. The molecule has 2 aromatic carbocycles. The maximum Gasteiger partial charge on any atom is 0.249 e. The van der Waals surface area contributed by atoms with Gasteiger partial charge in [-0.05, 0) is 36.4 Å². The molecular weight excluding hydrogens is 429 g/mol. The van der Waals surface area contributed by atoms with Gasteiger partial charge in [-0.25, -0.2) is 0 Å². The number of rotatable bonds is 7. The minimum Gasteiger partial charge on any atom is -0.420 e. The first-order valence-corrected chi connectivity index (χ1v) is 10.4. The Morgan fingerprint density at radius 2 is 1.79 bits per heavy atom.